The van der Waals surface area contributed by atoms with Crippen LogP contribution in [0.1, 0.15) is 10.4 Å². The van der Waals surface area contributed by atoms with Gasteiger partial charge >= 0.3 is 0 Å². The first-order chi connectivity index (χ1) is 8.29. The fraction of sp³-hybridized carbons (Fsp3) is 0.0909. The standard InChI is InChI=1S/C11H11N5O/c1-12-9-6-8(2-3-14-9)11(17)16-10-7-13-4-5-15-10/h2-7H,1H3,(H,12,14)(H,15,16,17). The number of nitrogens with one attached hydrogen (secondary N) is 2. The molecule has 0 aromatic carbocycles. The van der Waals surface area contributed by atoms with E-state index in [0.29, 0.717) is 17.2 Å². The topological polar surface area (TPSA) is 79.8 Å². The zero-order valence-electron chi connectivity index (χ0n) is 9.21. The molecule has 2 rings (SSSR count). The maximum Gasteiger partial charge on any atom is 0.257 e. The average Bonchev–Trinajstić information content (AvgIpc) is 2.40. The van der Waals surface area contributed by atoms with Gasteiger partial charge in [0.15, 0.2) is 5.82 Å². The molecule has 0 aliphatic heterocycles. The molecule has 0 aliphatic rings. The second-order valence-electron chi connectivity index (χ2n) is 3.22. The predicted octanol–water partition coefficient (Wildman–Crippen LogP) is 1.17. The van der Waals surface area contributed by atoms with Crippen molar-refractivity contribution < 1.29 is 4.79 Å². The van der Waals surface area contributed by atoms with Gasteiger partial charge in [-0.3, -0.25) is 9.78 Å². The third-order valence-electron chi connectivity index (χ3n) is 2.08. The van der Waals surface area contributed by atoms with Crippen LogP contribution in [0, 0.1) is 0 Å². The average molecular weight is 229 g/mol. The van der Waals surface area contributed by atoms with Crippen LogP contribution in [0.15, 0.2) is 36.9 Å². The molecule has 86 valence electrons. The Morgan fingerprint density at radius 3 is 2.71 bits per heavy atom. The van der Waals surface area contributed by atoms with Gasteiger partial charge in [0.1, 0.15) is 5.82 Å². The van der Waals surface area contributed by atoms with E-state index in [2.05, 4.69) is 25.6 Å². The molecule has 0 atom stereocenters. The summed E-state index contributed by atoms with van der Waals surface area (Å²) in [7, 11) is 1.74. The maximum atomic E-state index is 11.8. The molecule has 0 spiro atoms. The highest BCUT2D eigenvalue weighted by Crippen LogP contribution is 2.08. The summed E-state index contributed by atoms with van der Waals surface area (Å²) in [5.41, 5.74) is 0.509. The molecular formula is C11H11N5O. The first-order valence-electron chi connectivity index (χ1n) is 5.01. The lowest BCUT2D eigenvalue weighted by molar-refractivity contribution is 0.102. The first kappa shape index (κ1) is 11.0. The van der Waals surface area contributed by atoms with Gasteiger partial charge in [-0.05, 0) is 12.1 Å². The fourth-order valence-corrected chi connectivity index (χ4v) is 1.26. The Morgan fingerprint density at radius 2 is 2.00 bits per heavy atom. The van der Waals surface area contributed by atoms with E-state index in [1.807, 2.05) is 0 Å². The van der Waals surface area contributed by atoms with E-state index < -0.39 is 0 Å². The largest absolute Gasteiger partial charge is 0.373 e. The number of pyridine rings is 1. The SMILES string of the molecule is CNc1cc(C(=O)Nc2cnccn2)ccn1. The van der Waals surface area contributed by atoms with Crippen molar-refractivity contribution >= 4 is 17.5 Å². The Kier molecular flexibility index (Phi) is 3.25. The number of nitrogens with zero attached hydrogens (tertiary/aromatic N) is 3. The molecule has 2 N–H and O–H groups in total. The highest BCUT2D eigenvalue weighted by molar-refractivity contribution is 6.04. The zero-order valence-corrected chi connectivity index (χ0v) is 9.21. The molecule has 6 nitrogen and oxygen atoms in total. The van der Waals surface area contributed by atoms with Gasteiger partial charge in [0.25, 0.3) is 5.91 Å². The van der Waals surface area contributed by atoms with Crippen molar-refractivity contribution in [3.8, 4) is 0 Å². The summed E-state index contributed by atoms with van der Waals surface area (Å²) >= 11 is 0. The lowest BCUT2D eigenvalue weighted by atomic mass is 10.2. The molecule has 2 heterocycles. The van der Waals surface area contributed by atoms with Crippen LogP contribution in [0.2, 0.25) is 0 Å². The van der Waals surface area contributed by atoms with Gasteiger partial charge in [-0.2, -0.15) is 0 Å². The number of hydrogen-bond donors (Lipinski definition) is 2. The minimum atomic E-state index is -0.246. The van der Waals surface area contributed by atoms with Crippen molar-refractivity contribution in [1.29, 1.82) is 0 Å². The third-order valence-corrected chi connectivity index (χ3v) is 2.08. The van der Waals surface area contributed by atoms with Crippen LogP contribution in [0.25, 0.3) is 0 Å². The molecule has 0 unspecified atom stereocenters. The molecular weight excluding hydrogens is 218 g/mol. The van der Waals surface area contributed by atoms with Gasteiger partial charge in [0.2, 0.25) is 0 Å². The molecule has 6 heteroatoms. The Balaban J connectivity index is 2.14. The second-order valence-corrected chi connectivity index (χ2v) is 3.22. The van der Waals surface area contributed by atoms with E-state index in [4.69, 9.17) is 0 Å². The summed E-state index contributed by atoms with van der Waals surface area (Å²) in [5.74, 6) is 0.807. The molecule has 0 radical (unpaired) electrons. The maximum absolute atomic E-state index is 11.8. The molecule has 0 bridgehead atoms. The molecule has 0 aliphatic carbocycles. The number of carbonyl (C=O) groups excluding carboxylic acids is 1. The Hall–Kier alpha value is -2.50. The molecule has 0 fully saturated rings. The highest BCUT2D eigenvalue weighted by Gasteiger charge is 2.07. The van der Waals surface area contributed by atoms with Gasteiger partial charge < -0.3 is 10.6 Å². The summed E-state index contributed by atoms with van der Waals surface area (Å²) in [6.07, 6.45) is 6.11. The van der Waals surface area contributed by atoms with Crippen molar-refractivity contribution in [3.63, 3.8) is 0 Å². The first-order valence-corrected chi connectivity index (χ1v) is 5.01. The van der Waals surface area contributed by atoms with E-state index in [-0.39, 0.29) is 5.91 Å². The van der Waals surface area contributed by atoms with Crippen molar-refractivity contribution in [2.24, 2.45) is 0 Å². The lowest BCUT2D eigenvalue weighted by Gasteiger charge is -2.04. The highest BCUT2D eigenvalue weighted by atomic mass is 16.1. The number of amides is 1. The number of carbonyl (C=O) groups is 1. The minimum Gasteiger partial charge on any atom is -0.373 e. The molecule has 1 amide bonds. The van der Waals surface area contributed by atoms with E-state index >= 15 is 0 Å². The number of anilines is 2. The lowest BCUT2D eigenvalue weighted by Crippen LogP contribution is -2.13. The van der Waals surface area contributed by atoms with Gasteiger partial charge in [-0.1, -0.05) is 0 Å². The van der Waals surface area contributed by atoms with E-state index in [1.54, 1.807) is 31.6 Å². The van der Waals surface area contributed by atoms with Crippen molar-refractivity contribution in [2.75, 3.05) is 17.7 Å². The Labute approximate surface area is 98.1 Å². The molecule has 2 aromatic rings. The van der Waals surface area contributed by atoms with Crippen LogP contribution in [-0.2, 0) is 0 Å². The zero-order chi connectivity index (χ0) is 12.1. The third kappa shape index (κ3) is 2.75. The van der Waals surface area contributed by atoms with Crippen LogP contribution in [0.5, 0.6) is 0 Å². The molecule has 0 saturated heterocycles. The van der Waals surface area contributed by atoms with Gasteiger partial charge in [-0.25, -0.2) is 9.97 Å². The normalized spacial score (nSPS) is 9.71. The summed E-state index contributed by atoms with van der Waals surface area (Å²) in [6.45, 7) is 0. The van der Waals surface area contributed by atoms with E-state index in [0.717, 1.165) is 0 Å². The Bertz CT molecular complexity index is 514. The van der Waals surface area contributed by atoms with Gasteiger partial charge in [0, 0.05) is 31.2 Å². The Morgan fingerprint density at radius 1 is 1.18 bits per heavy atom. The number of aromatic nitrogens is 3. The quantitative estimate of drug-likeness (QED) is 0.825. The smallest absolute Gasteiger partial charge is 0.257 e. The summed E-state index contributed by atoms with van der Waals surface area (Å²) in [4.78, 5) is 23.7. The van der Waals surface area contributed by atoms with E-state index in [9.17, 15) is 4.79 Å². The molecule has 2 aromatic heterocycles. The summed E-state index contributed by atoms with van der Waals surface area (Å²) in [5, 5.41) is 5.51. The van der Waals surface area contributed by atoms with Crippen molar-refractivity contribution in [2.45, 2.75) is 0 Å². The van der Waals surface area contributed by atoms with Crippen LogP contribution in [0.4, 0.5) is 11.6 Å². The summed E-state index contributed by atoms with van der Waals surface area (Å²) in [6, 6.07) is 3.29. The number of hydrogen-bond acceptors (Lipinski definition) is 5. The van der Waals surface area contributed by atoms with Crippen LogP contribution < -0.4 is 10.6 Å². The van der Waals surface area contributed by atoms with Crippen LogP contribution >= 0.6 is 0 Å². The van der Waals surface area contributed by atoms with Crippen molar-refractivity contribution in [1.82, 2.24) is 15.0 Å². The summed E-state index contributed by atoms with van der Waals surface area (Å²) < 4.78 is 0. The number of rotatable bonds is 3. The fourth-order valence-electron chi connectivity index (χ4n) is 1.26. The van der Waals surface area contributed by atoms with Crippen LogP contribution in [0.3, 0.4) is 0 Å². The second kappa shape index (κ2) is 5.02. The van der Waals surface area contributed by atoms with Gasteiger partial charge in [0.05, 0.1) is 6.20 Å². The predicted molar refractivity (Wildman–Crippen MR) is 63.8 cm³/mol. The van der Waals surface area contributed by atoms with E-state index in [1.165, 1.54) is 12.4 Å². The van der Waals surface area contributed by atoms with Crippen LogP contribution in [-0.4, -0.2) is 27.9 Å². The molecule has 17 heavy (non-hydrogen) atoms. The van der Waals surface area contributed by atoms with Crippen molar-refractivity contribution in [3.05, 3.63) is 42.5 Å². The van der Waals surface area contributed by atoms with Gasteiger partial charge in [-0.15, -0.1) is 0 Å². The minimum absolute atomic E-state index is 0.246. The molecule has 0 saturated carbocycles. The monoisotopic (exact) mass is 229 g/mol.